The minimum absolute atomic E-state index is 0.0236. The van der Waals surface area contributed by atoms with Crippen LogP contribution in [0.3, 0.4) is 0 Å². The number of aromatic hydroxyl groups is 2. The van der Waals surface area contributed by atoms with E-state index >= 15 is 0 Å². The standard InChI is InChI=1S/C29H28O7/c1-33-26-17-23(20-8-11-22(31)12-9-20)28(34-2)29(35-15-14-30)27(26)21-10-13-25(24(32)16-21)36-18-19-6-4-3-5-7-19/h3-13,16-17,30-32H,14-15,18H2,1-2H3. The van der Waals surface area contributed by atoms with E-state index < -0.39 is 0 Å². The van der Waals surface area contributed by atoms with Crippen LogP contribution in [-0.2, 0) is 6.61 Å². The molecular weight excluding hydrogens is 460 g/mol. The van der Waals surface area contributed by atoms with Gasteiger partial charge in [0.05, 0.1) is 26.4 Å². The molecule has 0 fully saturated rings. The van der Waals surface area contributed by atoms with Crippen LogP contribution in [0.2, 0.25) is 0 Å². The Morgan fingerprint density at radius 3 is 2.06 bits per heavy atom. The maximum Gasteiger partial charge on any atom is 0.173 e. The Morgan fingerprint density at radius 2 is 1.42 bits per heavy atom. The summed E-state index contributed by atoms with van der Waals surface area (Å²) in [7, 11) is 3.07. The quantitative estimate of drug-likeness (QED) is 0.275. The van der Waals surface area contributed by atoms with Crippen LogP contribution in [0.1, 0.15) is 5.56 Å². The smallest absolute Gasteiger partial charge is 0.173 e. The van der Waals surface area contributed by atoms with Gasteiger partial charge in [-0.15, -0.1) is 0 Å². The van der Waals surface area contributed by atoms with Crippen molar-refractivity contribution in [1.82, 2.24) is 0 Å². The monoisotopic (exact) mass is 488 g/mol. The van der Waals surface area contributed by atoms with E-state index in [0.29, 0.717) is 46.3 Å². The third kappa shape index (κ3) is 5.31. The maximum atomic E-state index is 10.7. The van der Waals surface area contributed by atoms with Crippen molar-refractivity contribution >= 4 is 0 Å². The van der Waals surface area contributed by atoms with E-state index in [2.05, 4.69) is 0 Å². The van der Waals surface area contributed by atoms with Gasteiger partial charge in [0.2, 0.25) is 0 Å². The van der Waals surface area contributed by atoms with Crippen LogP contribution >= 0.6 is 0 Å². The fourth-order valence-corrected chi connectivity index (χ4v) is 3.92. The topological polar surface area (TPSA) is 97.6 Å². The lowest BCUT2D eigenvalue weighted by Gasteiger charge is -2.21. The van der Waals surface area contributed by atoms with Gasteiger partial charge >= 0.3 is 0 Å². The van der Waals surface area contributed by atoms with Gasteiger partial charge in [0, 0.05) is 5.56 Å². The lowest BCUT2D eigenvalue weighted by Crippen LogP contribution is -2.06. The van der Waals surface area contributed by atoms with Crippen molar-refractivity contribution in [2.24, 2.45) is 0 Å². The normalized spacial score (nSPS) is 10.6. The predicted molar refractivity (Wildman–Crippen MR) is 137 cm³/mol. The van der Waals surface area contributed by atoms with Crippen LogP contribution in [0.5, 0.6) is 34.5 Å². The highest BCUT2D eigenvalue weighted by atomic mass is 16.5. The number of aliphatic hydroxyl groups is 1. The zero-order valence-electron chi connectivity index (χ0n) is 20.1. The van der Waals surface area contributed by atoms with Crippen molar-refractivity contribution in [3.63, 3.8) is 0 Å². The Kier molecular flexibility index (Phi) is 7.82. The number of methoxy groups -OCH3 is 2. The summed E-state index contributed by atoms with van der Waals surface area (Å²) in [5.41, 5.74) is 3.60. The van der Waals surface area contributed by atoms with E-state index in [1.165, 1.54) is 7.11 Å². The third-order valence-corrected chi connectivity index (χ3v) is 5.62. The Labute approximate surface area is 209 Å². The number of phenolic OH excluding ortho intramolecular Hbond substituents is 2. The summed E-state index contributed by atoms with van der Waals surface area (Å²) in [5, 5.41) is 29.9. The molecule has 4 rings (SSSR count). The first-order valence-corrected chi connectivity index (χ1v) is 11.4. The molecule has 0 unspecified atom stereocenters. The molecule has 186 valence electrons. The molecule has 4 aromatic carbocycles. The van der Waals surface area contributed by atoms with E-state index in [1.807, 2.05) is 36.4 Å². The first-order chi connectivity index (χ1) is 17.5. The van der Waals surface area contributed by atoms with Crippen LogP contribution in [-0.4, -0.2) is 42.8 Å². The summed E-state index contributed by atoms with van der Waals surface area (Å²) >= 11 is 0. The molecule has 0 aliphatic rings. The summed E-state index contributed by atoms with van der Waals surface area (Å²) in [6.45, 7) is 0.138. The fourth-order valence-electron chi connectivity index (χ4n) is 3.92. The average Bonchev–Trinajstić information content (AvgIpc) is 2.91. The van der Waals surface area contributed by atoms with Crippen LogP contribution in [0, 0.1) is 0 Å². The first kappa shape index (κ1) is 24.8. The van der Waals surface area contributed by atoms with Crippen LogP contribution < -0.4 is 18.9 Å². The van der Waals surface area contributed by atoms with Crippen molar-refractivity contribution in [3.05, 3.63) is 84.4 Å². The maximum absolute atomic E-state index is 10.7. The van der Waals surface area contributed by atoms with Gasteiger partial charge in [-0.25, -0.2) is 0 Å². The molecule has 7 nitrogen and oxygen atoms in total. The molecule has 4 aromatic rings. The lowest BCUT2D eigenvalue weighted by molar-refractivity contribution is 0.197. The molecule has 0 spiro atoms. The van der Waals surface area contributed by atoms with Crippen molar-refractivity contribution in [2.75, 3.05) is 27.4 Å². The molecule has 0 aromatic heterocycles. The summed E-state index contributed by atoms with van der Waals surface area (Å²) in [4.78, 5) is 0. The average molecular weight is 489 g/mol. The van der Waals surface area contributed by atoms with Crippen molar-refractivity contribution < 1.29 is 34.3 Å². The minimum Gasteiger partial charge on any atom is -0.508 e. The van der Waals surface area contributed by atoms with Crippen molar-refractivity contribution in [1.29, 1.82) is 0 Å². The molecule has 3 N–H and O–H groups in total. The predicted octanol–water partition coefficient (Wildman–Crippen LogP) is 5.40. The molecule has 0 atom stereocenters. The van der Waals surface area contributed by atoms with Gasteiger partial charge in [-0.1, -0.05) is 48.5 Å². The highest BCUT2D eigenvalue weighted by Gasteiger charge is 2.24. The number of rotatable bonds is 10. The minimum atomic E-state index is -0.203. The second-order valence-corrected chi connectivity index (χ2v) is 7.94. The van der Waals surface area contributed by atoms with Gasteiger partial charge < -0.3 is 34.3 Å². The van der Waals surface area contributed by atoms with Gasteiger partial charge in [0.1, 0.15) is 24.7 Å². The highest BCUT2D eigenvalue weighted by molar-refractivity contribution is 5.88. The summed E-state index contributed by atoms with van der Waals surface area (Å²) in [6.07, 6.45) is 0. The molecule has 0 heterocycles. The number of hydrogen-bond acceptors (Lipinski definition) is 7. The number of aliphatic hydroxyl groups excluding tert-OH is 1. The zero-order chi connectivity index (χ0) is 25.5. The summed E-state index contributed by atoms with van der Waals surface area (Å²) in [5.74, 6) is 1.69. The molecule has 0 saturated heterocycles. The number of ether oxygens (including phenoxy) is 4. The van der Waals surface area contributed by atoms with Gasteiger partial charge in [0.25, 0.3) is 0 Å². The van der Waals surface area contributed by atoms with Crippen molar-refractivity contribution in [2.45, 2.75) is 6.61 Å². The summed E-state index contributed by atoms with van der Waals surface area (Å²) < 4.78 is 23.2. The Bertz CT molecular complexity index is 1300. The fraction of sp³-hybridized carbons (Fsp3) is 0.172. The molecule has 0 bridgehead atoms. The molecule has 0 aliphatic carbocycles. The SMILES string of the molecule is COc1cc(-c2ccc(O)cc2)c(OC)c(OCCO)c1-c1ccc(OCc2ccccc2)c(O)c1. The Balaban J connectivity index is 1.79. The Morgan fingerprint density at radius 1 is 0.694 bits per heavy atom. The van der Waals surface area contributed by atoms with E-state index in [-0.39, 0.29) is 24.7 Å². The van der Waals surface area contributed by atoms with Gasteiger partial charge in [0.15, 0.2) is 23.0 Å². The van der Waals surface area contributed by atoms with Gasteiger partial charge in [-0.2, -0.15) is 0 Å². The second-order valence-electron chi connectivity index (χ2n) is 7.94. The number of benzene rings is 4. The molecule has 0 saturated carbocycles. The molecule has 0 radical (unpaired) electrons. The molecule has 0 aliphatic heterocycles. The van der Waals surface area contributed by atoms with Crippen LogP contribution in [0.4, 0.5) is 0 Å². The van der Waals surface area contributed by atoms with E-state index in [0.717, 1.165) is 11.1 Å². The van der Waals surface area contributed by atoms with Crippen LogP contribution in [0.15, 0.2) is 78.9 Å². The number of phenols is 2. The van der Waals surface area contributed by atoms with Gasteiger partial charge in [-0.05, 0) is 47.0 Å². The van der Waals surface area contributed by atoms with Gasteiger partial charge in [-0.3, -0.25) is 0 Å². The van der Waals surface area contributed by atoms with Crippen LogP contribution in [0.25, 0.3) is 22.3 Å². The largest absolute Gasteiger partial charge is 0.508 e. The second kappa shape index (κ2) is 11.4. The van der Waals surface area contributed by atoms with E-state index in [1.54, 1.807) is 49.6 Å². The molecule has 7 heteroatoms. The van der Waals surface area contributed by atoms with Crippen molar-refractivity contribution in [3.8, 4) is 56.8 Å². The zero-order valence-corrected chi connectivity index (χ0v) is 20.1. The third-order valence-electron chi connectivity index (χ3n) is 5.62. The number of hydrogen-bond donors (Lipinski definition) is 3. The lowest BCUT2D eigenvalue weighted by atomic mass is 9.96. The highest BCUT2D eigenvalue weighted by Crippen LogP contribution is 2.51. The van der Waals surface area contributed by atoms with E-state index in [4.69, 9.17) is 18.9 Å². The van der Waals surface area contributed by atoms with E-state index in [9.17, 15) is 15.3 Å². The Hall–Kier alpha value is -4.36. The summed E-state index contributed by atoms with van der Waals surface area (Å²) in [6, 6.07) is 23.2. The molecule has 0 amide bonds. The first-order valence-electron chi connectivity index (χ1n) is 11.4. The molecule has 36 heavy (non-hydrogen) atoms. The molecular formula is C29H28O7.